The van der Waals surface area contributed by atoms with Crippen molar-refractivity contribution in [3.8, 4) is 68.0 Å². The molecule has 2 aliphatic rings. The van der Waals surface area contributed by atoms with E-state index in [1.807, 2.05) is 48.7 Å². The summed E-state index contributed by atoms with van der Waals surface area (Å²) < 4.78 is 6.68. The second-order valence-corrected chi connectivity index (χ2v) is 15.8. The molecule has 1 spiro atoms. The van der Waals surface area contributed by atoms with Crippen LogP contribution in [0, 0.1) is 0 Å². The van der Waals surface area contributed by atoms with Crippen LogP contribution in [0.15, 0.2) is 194 Å². The summed E-state index contributed by atoms with van der Waals surface area (Å²) >= 11 is 0. The fourth-order valence-electron chi connectivity index (χ4n) is 9.58. The number of benzene rings is 7. The largest absolute Gasteiger partial charge is 0.457 e. The third-order valence-corrected chi connectivity index (χ3v) is 12.1. The van der Waals surface area contributed by atoms with E-state index in [0.717, 1.165) is 61.7 Å². The van der Waals surface area contributed by atoms with E-state index in [1.54, 1.807) is 0 Å². The maximum absolute atomic E-state index is 6.68. The smallest absolute Gasteiger partial charge is 0.164 e. The Morgan fingerprint density at radius 3 is 1.64 bits per heavy atom. The lowest BCUT2D eigenvalue weighted by atomic mass is 9.53. The van der Waals surface area contributed by atoms with Gasteiger partial charge in [0.25, 0.3) is 0 Å². The van der Waals surface area contributed by atoms with Crippen molar-refractivity contribution in [2.24, 2.45) is 0 Å². The van der Waals surface area contributed by atoms with E-state index < -0.39 is 5.41 Å². The van der Waals surface area contributed by atoms with E-state index in [1.165, 1.54) is 22.3 Å². The molecule has 0 N–H and O–H groups in total. The van der Waals surface area contributed by atoms with Crippen LogP contribution in [0.3, 0.4) is 0 Å². The lowest BCUT2D eigenvalue weighted by molar-refractivity contribution is 0.425. The highest BCUT2D eigenvalue weighted by atomic mass is 16.5. The van der Waals surface area contributed by atoms with Gasteiger partial charge in [-0.25, -0.2) is 15.0 Å². The Labute approximate surface area is 343 Å². The molecule has 11 rings (SSSR count). The molecule has 0 amide bonds. The lowest BCUT2D eigenvalue weighted by Crippen LogP contribution is -2.43. The van der Waals surface area contributed by atoms with Crippen LogP contribution in [0.4, 0.5) is 0 Å². The number of rotatable bonds is 5. The van der Waals surface area contributed by atoms with Gasteiger partial charge in [-0.1, -0.05) is 172 Å². The molecule has 59 heavy (non-hydrogen) atoms. The summed E-state index contributed by atoms with van der Waals surface area (Å²) in [6, 6.07) is 65.8. The summed E-state index contributed by atoms with van der Waals surface area (Å²) in [5.41, 5.74) is 13.1. The van der Waals surface area contributed by atoms with Crippen molar-refractivity contribution in [2.75, 3.05) is 0 Å². The molecule has 0 saturated heterocycles. The Bertz CT molecular complexity index is 3020. The summed E-state index contributed by atoms with van der Waals surface area (Å²) in [4.78, 5) is 20.2. The molecule has 0 unspecified atom stereocenters. The predicted molar refractivity (Wildman–Crippen MR) is 235 cm³/mol. The van der Waals surface area contributed by atoms with E-state index in [2.05, 4.69) is 164 Å². The molecule has 7 aromatic carbocycles. The lowest BCUT2D eigenvalue weighted by Gasteiger charge is -2.50. The van der Waals surface area contributed by atoms with Crippen LogP contribution in [0.2, 0.25) is 0 Å². The zero-order valence-corrected chi connectivity index (χ0v) is 32.7. The third-order valence-electron chi connectivity index (χ3n) is 12.1. The molecule has 1 aliphatic carbocycles. The molecule has 1 aliphatic heterocycles. The van der Waals surface area contributed by atoms with Crippen LogP contribution in [0.1, 0.15) is 47.2 Å². The van der Waals surface area contributed by atoms with Crippen molar-refractivity contribution >= 4 is 0 Å². The maximum Gasteiger partial charge on any atom is 0.164 e. The van der Waals surface area contributed by atoms with Gasteiger partial charge < -0.3 is 4.74 Å². The van der Waals surface area contributed by atoms with E-state index in [9.17, 15) is 0 Å². The Morgan fingerprint density at radius 1 is 0.390 bits per heavy atom. The summed E-state index contributed by atoms with van der Waals surface area (Å²) in [5, 5.41) is 0. The Hall–Kier alpha value is -7.50. The maximum atomic E-state index is 6.68. The molecular formula is C54H38N4O. The molecule has 9 aromatic rings. The summed E-state index contributed by atoms with van der Waals surface area (Å²) in [6.45, 7) is 4.73. The van der Waals surface area contributed by atoms with Crippen molar-refractivity contribution in [2.45, 2.75) is 24.7 Å². The Kier molecular flexibility index (Phi) is 7.99. The molecule has 280 valence electrons. The van der Waals surface area contributed by atoms with Crippen molar-refractivity contribution < 1.29 is 4.74 Å². The van der Waals surface area contributed by atoms with Crippen molar-refractivity contribution in [1.82, 2.24) is 19.9 Å². The minimum absolute atomic E-state index is 0.381. The summed E-state index contributed by atoms with van der Waals surface area (Å²) in [7, 11) is 0. The molecule has 0 fully saturated rings. The predicted octanol–water partition coefficient (Wildman–Crippen LogP) is 12.7. The van der Waals surface area contributed by atoms with Crippen LogP contribution in [-0.2, 0) is 10.8 Å². The van der Waals surface area contributed by atoms with Gasteiger partial charge in [0, 0.05) is 45.0 Å². The van der Waals surface area contributed by atoms with Gasteiger partial charge in [-0.15, -0.1) is 0 Å². The number of fused-ring (bicyclic) bond motifs is 8. The second-order valence-electron chi connectivity index (χ2n) is 15.8. The first kappa shape index (κ1) is 34.7. The van der Waals surface area contributed by atoms with E-state index in [4.69, 9.17) is 19.7 Å². The molecule has 5 heteroatoms. The Morgan fingerprint density at radius 2 is 0.915 bits per heavy atom. The van der Waals surface area contributed by atoms with E-state index >= 15 is 0 Å². The standard InChI is InChI=1S/C54H38N4O/c1-53(2)41-25-8-9-26-42(41)54(43-27-10-12-31-47(43)59-48-32-13-11-28-44(48)54)45-29-17-24-39(49(45)53)38-22-6-7-23-40(38)52-57-50(35-18-4-3-5-19-35)56-51(58-52)37-21-16-20-36(34-37)46-30-14-15-33-55-46/h3-34H,1-2H3. The number of pyridine rings is 1. The number of nitrogens with zero attached hydrogens (tertiary/aromatic N) is 4. The van der Waals surface area contributed by atoms with Crippen molar-refractivity contribution in [3.63, 3.8) is 0 Å². The number of para-hydroxylation sites is 2. The van der Waals surface area contributed by atoms with Gasteiger partial charge in [-0.05, 0) is 63.7 Å². The first-order valence-electron chi connectivity index (χ1n) is 20.1. The number of hydrogen-bond donors (Lipinski definition) is 0. The van der Waals surface area contributed by atoms with Crippen LogP contribution in [0.25, 0.3) is 56.5 Å². The van der Waals surface area contributed by atoms with Gasteiger partial charge in [-0.3, -0.25) is 4.98 Å². The third kappa shape index (κ3) is 5.39. The van der Waals surface area contributed by atoms with Crippen LogP contribution in [0.5, 0.6) is 11.5 Å². The average molecular weight is 759 g/mol. The second kappa shape index (κ2) is 13.6. The molecule has 3 heterocycles. The molecule has 2 aromatic heterocycles. The molecule has 0 saturated carbocycles. The van der Waals surface area contributed by atoms with E-state index in [-0.39, 0.29) is 5.41 Å². The van der Waals surface area contributed by atoms with Gasteiger partial charge in [0.05, 0.1) is 11.1 Å². The van der Waals surface area contributed by atoms with Crippen molar-refractivity contribution in [3.05, 3.63) is 228 Å². The number of hydrogen-bond acceptors (Lipinski definition) is 5. The molecule has 5 nitrogen and oxygen atoms in total. The highest BCUT2D eigenvalue weighted by Gasteiger charge is 2.53. The quantitative estimate of drug-likeness (QED) is 0.175. The zero-order chi connectivity index (χ0) is 39.6. The van der Waals surface area contributed by atoms with Gasteiger partial charge >= 0.3 is 0 Å². The monoisotopic (exact) mass is 758 g/mol. The first-order chi connectivity index (χ1) is 29.0. The highest BCUT2D eigenvalue weighted by molar-refractivity contribution is 5.88. The summed E-state index contributed by atoms with van der Waals surface area (Å²) in [6.07, 6.45) is 1.82. The molecule has 0 atom stereocenters. The van der Waals surface area contributed by atoms with Gasteiger partial charge in [0.1, 0.15) is 11.5 Å². The number of aromatic nitrogens is 4. The van der Waals surface area contributed by atoms with E-state index in [0.29, 0.717) is 17.5 Å². The fourth-order valence-corrected chi connectivity index (χ4v) is 9.58. The van der Waals surface area contributed by atoms with Crippen LogP contribution in [-0.4, -0.2) is 19.9 Å². The zero-order valence-electron chi connectivity index (χ0n) is 32.7. The molecular weight excluding hydrogens is 721 g/mol. The fraction of sp³-hybridized carbons (Fsp3) is 0.0741. The SMILES string of the molecule is CC1(C)c2ccccc2C2(c3ccccc3Oc3ccccc32)c2cccc(-c3ccccc3-c3nc(-c4ccccc4)nc(-c4cccc(-c5ccccn5)c4)n3)c21. The number of ether oxygens (including phenoxy) is 1. The summed E-state index contributed by atoms with van der Waals surface area (Å²) in [5.74, 6) is 3.56. The van der Waals surface area contributed by atoms with Gasteiger partial charge in [-0.2, -0.15) is 0 Å². The molecule has 0 radical (unpaired) electrons. The topological polar surface area (TPSA) is 60.8 Å². The van der Waals surface area contributed by atoms with Crippen LogP contribution < -0.4 is 4.74 Å². The van der Waals surface area contributed by atoms with Crippen molar-refractivity contribution in [1.29, 1.82) is 0 Å². The minimum atomic E-state index is -0.628. The average Bonchev–Trinajstić information content (AvgIpc) is 3.31. The minimum Gasteiger partial charge on any atom is -0.457 e. The van der Waals surface area contributed by atoms with Gasteiger partial charge in [0.15, 0.2) is 17.5 Å². The highest BCUT2D eigenvalue weighted by Crippen LogP contribution is 2.62. The Balaban J connectivity index is 1.17. The first-order valence-corrected chi connectivity index (χ1v) is 20.1. The molecule has 0 bridgehead atoms. The van der Waals surface area contributed by atoms with Gasteiger partial charge in [0.2, 0.25) is 0 Å². The van der Waals surface area contributed by atoms with Crippen LogP contribution >= 0.6 is 0 Å². The normalized spacial score (nSPS) is 14.0.